The molecule has 0 atom stereocenters. The molecule has 0 aliphatic heterocycles. The van der Waals surface area contributed by atoms with E-state index in [4.69, 9.17) is 0 Å². The Morgan fingerprint density at radius 3 is 2.30 bits per heavy atom. The highest BCUT2D eigenvalue weighted by atomic mass is 19.1. The zero-order chi connectivity index (χ0) is 16.8. The minimum Gasteiger partial charge on any atom is -0.362 e. The molecule has 1 amide bonds. The van der Waals surface area contributed by atoms with Crippen LogP contribution in [-0.4, -0.2) is 30.9 Å². The Morgan fingerprint density at radius 1 is 1.04 bits per heavy atom. The maximum atomic E-state index is 13.7. The first kappa shape index (κ1) is 16.9. The molecule has 0 unspecified atom stereocenters. The molecule has 0 N–H and O–H groups in total. The zero-order valence-electron chi connectivity index (χ0n) is 13.3. The second-order valence-corrected chi connectivity index (χ2v) is 5.33. The van der Waals surface area contributed by atoms with E-state index in [1.54, 1.807) is 37.4 Å². The Bertz CT molecular complexity index is 658. The second-order valence-electron chi connectivity index (χ2n) is 5.33. The van der Waals surface area contributed by atoms with Crippen LogP contribution in [0, 0.1) is 11.6 Å². The van der Waals surface area contributed by atoms with Gasteiger partial charge in [0.05, 0.1) is 6.54 Å². The maximum absolute atomic E-state index is 13.7. The van der Waals surface area contributed by atoms with Gasteiger partial charge in [-0.1, -0.05) is 18.2 Å². The van der Waals surface area contributed by atoms with Gasteiger partial charge >= 0.3 is 0 Å². The molecule has 2 rings (SSSR count). The molecule has 0 fully saturated rings. The van der Waals surface area contributed by atoms with Crippen molar-refractivity contribution in [3.05, 3.63) is 65.7 Å². The Kier molecular flexibility index (Phi) is 5.68. The van der Waals surface area contributed by atoms with Crippen molar-refractivity contribution >= 4 is 11.6 Å². The summed E-state index contributed by atoms with van der Waals surface area (Å²) in [6, 6.07) is 12.4. The van der Waals surface area contributed by atoms with E-state index in [2.05, 4.69) is 0 Å². The number of amides is 1. The molecule has 0 saturated carbocycles. The molecular weight excluding hydrogens is 298 g/mol. The standard InChI is InChI=1S/C18H20F2N2O/c1-3-22(16-10-8-15(19)9-11-16)13-18(23)21(2)12-14-6-4-5-7-17(14)20/h4-11H,3,12-13H2,1-2H3. The SMILES string of the molecule is CCN(CC(=O)N(C)Cc1ccccc1F)c1ccc(F)cc1. The monoisotopic (exact) mass is 318 g/mol. The lowest BCUT2D eigenvalue weighted by molar-refractivity contribution is -0.129. The molecule has 0 heterocycles. The first-order chi connectivity index (χ1) is 11.0. The predicted molar refractivity (Wildman–Crippen MR) is 87.2 cm³/mol. The molecule has 0 radical (unpaired) electrons. The van der Waals surface area contributed by atoms with Crippen LogP contribution in [0.15, 0.2) is 48.5 Å². The summed E-state index contributed by atoms with van der Waals surface area (Å²) in [6.45, 7) is 2.91. The molecule has 0 aliphatic rings. The molecule has 0 aliphatic carbocycles. The van der Waals surface area contributed by atoms with E-state index in [0.717, 1.165) is 5.69 Å². The van der Waals surface area contributed by atoms with E-state index < -0.39 is 0 Å². The quantitative estimate of drug-likeness (QED) is 0.814. The fraction of sp³-hybridized carbons (Fsp3) is 0.278. The summed E-state index contributed by atoms with van der Waals surface area (Å²) in [4.78, 5) is 15.7. The predicted octanol–water partition coefficient (Wildman–Crippen LogP) is 3.45. The number of halogens is 2. The smallest absolute Gasteiger partial charge is 0.242 e. The molecule has 0 aromatic heterocycles. The van der Waals surface area contributed by atoms with Crippen molar-refractivity contribution in [2.45, 2.75) is 13.5 Å². The van der Waals surface area contributed by atoms with Crippen LogP contribution in [0.4, 0.5) is 14.5 Å². The highest BCUT2D eigenvalue weighted by Crippen LogP contribution is 2.15. The van der Waals surface area contributed by atoms with Gasteiger partial charge in [-0.15, -0.1) is 0 Å². The topological polar surface area (TPSA) is 23.6 Å². The normalized spacial score (nSPS) is 10.4. The van der Waals surface area contributed by atoms with Crippen LogP contribution >= 0.6 is 0 Å². The fourth-order valence-corrected chi connectivity index (χ4v) is 2.29. The number of nitrogens with zero attached hydrogens (tertiary/aromatic N) is 2. The Balaban J connectivity index is 2.01. The molecular formula is C18H20F2N2O. The number of carbonyl (C=O) groups is 1. The van der Waals surface area contributed by atoms with Crippen molar-refractivity contribution in [2.75, 3.05) is 25.0 Å². The van der Waals surface area contributed by atoms with Gasteiger partial charge in [-0.3, -0.25) is 4.79 Å². The van der Waals surface area contributed by atoms with Crippen molar-refractivity contribution in [3.8, 4) is 0 Å². The van der Waals surface area contributed by atoms with Gasteiger partial charge in [0.1, 0.15) is 11.6 Å². The molecule has 23 heavy (non-hydrogen) atoms. The van der Waals surface area contributed by atoms with E-state index in [1.165, 1.54) is 23.1 Å². The van der Waals surface area contributed by atoms with Crippen LogP contribution in [0.3, 0.4) is 0 Å². The maximum Gasteiger partial charge on any atom is 0.242 e. The molecule has 2 aromatic rings. The fourth-order valence-electron chi connectivity index (χ4n) is 2.29. The number of hydrogen-bond donors (Lipinski definition) is 0. The van der Waals surface area contributed by atoms with Crippen LogP contribution in [0.2, 0.25) is 0 Å². The van der Waals surface area contributed by atoms with Gasteiger partial charge in [-0.2, -0.15) is 0 Å². The molecule has 0 bridgehead atoms. The van der Waals surface area contributed by atoms with Crippen molar-refractivity contribution < 1.29 is 13.6 Å². The highest BCUT2D eigenvalue weighted by molar-refractivity contribution is 5.81. The highest BCUT2D eigenvalue weighted by Gasteiger charge is 2.15. The van der Waals surface area contributed by atoms with Gasteiger partial charge < -0.3 is 9.80 Å². The zero-order valence-corrected chi connectivity index (χ0v) is 13.3. The average molecular weight is 318 g/mol. The van der Waals surface area contributed by atoms with Gasteiger partial charge in [0.25, 0.3) is 0 Å². The molecule has 0 saturated heterocycles. The van der Waals surface area contributed by atoms with E-state index in [1.807, 2.05) is 11.8 Å². The lowest BCUT2D eigenvalue weighted by Gasteiger charge is -2.26. The number of benzene rings is 2. The molecule has 122 valence electrons. The lowest BCUT2D eigenvalue weighted by Crippen LogP contribution is -2.38. The molecule has 0 spiro atoms. The van der Waals surface area contributed by atoms with Gasteiger partial charge in [-0.05, 0) is 37.3 Å². The molecule has 3 nitrogen and oxygen atoms in total. The Hall–Kier alpha value is -2.43. The van der Waals surface area contributed by atoms with Crippen LogP contribution < -0.4 is 4.90 Å². The van der Waals surface area contributed by atoms with E-state index in [9.17, 15) is 13.6 Å². The Morgan fingerprint density at radius 2 is 1.70 bits per heavy atom. The lowest BCUT2D eigenvalue weighted by atomic mass is 10.2. The van der Waals surface area contributed by atoms with Gasteiger partial charge in [0.15, 0.2) is 0 Å². The van der Waals surface area contributed by atoms with Crippen LogP contribution in [0.1, 0.15) is 12.5 Å². The third kappa shape index (κ3) is 4.52. The first-order valence-electron chi connectivity index (χ1n) is 7.49. The summed E-state index contributed by atoms with van der Waals surface area (Å²) >= 11 is 0. The van der Waals surface area contributed by atoms with Gasteiger partial charge in [0, 0.05) is 31.4 Å². The summed E-state index contributed by atoms with van der Waals surface area (Å²) in [6.07, 6.45) is 0. The molecule has 5 heteroatoms. The van der Waals surface area contributed by atoms with E-state index in [0.29, 0.717) is 12.1 Å². The summed E-state index contributed by atoms with van der Waals surface area (Å²) in [5, 5.41) is 0. The number of anilines is 1. The Labute approximate surface area is 135 Å². The van der Waals surface area contributed by atoms with Gasteiger partial charge in [-0.25, -0.2) is 8.78 Å². The summed E-state index contributed by atoms with van der Waals surface area (Å²) in [5.74, 6) is -0.759. The summed E-state index contributed by atoms with van der Waals surface area (Å²) in [5.41, 5.74) is 1.26. The summed E-state index contributed by atoms with van der Waals surface area (Å²) in [7, 11) is 1.65. The van der Waals surface area contributed by atoms with Crippen molar-refractivity contribution in [1.82, 2.24) is 4.90 Å². The van der Waals surface area contributed by atoms with E-state index in [-0.39, 0.29) is 30.6 Å². The van der Waals surface area contributed by atoms with Crippen LogP contribution in [0.25, 0.3) is 0 Å². The minimum absolute atomic E-state index is 0.126. The van der Waals surface area contributed by atoms with Crippen LogP contribution in [-0.2, 0) is 11.3 Å². The summed E-state index contributed by atoms with van der Waals surface area (Å²) < 4.78 is 26.7. The largest absolute Gasteiger partial charge is 0.362 e. The third-order valence-corrected chi connectivity index (χ3v) is 3.69. The van der Waals surface area contributed by atoms with Gasteiger partial charge in [0.2, 0.25) is 5.91 Å². The number of likely N-dealkylation sites (N-methyl/N-ethyl adjacent to an activating group) is 2. The number of carbonyl (C=O) groups excluding carboxylic acids is 1. The van der Waals surface area contributed by atoms with Crippen molar-refractivity contribution in [2.24, 2.45) is 0 Å². The average Bonchev–Trinajstić information content (AvgIpc) is 2.55. The van der Waals surface area contributed by atoms with E-state index >= 15 is 0 Å². The van der Waals surface area contributed by atoms with Crippen molar-refractivity contribution in [3.63, 3.8) is 0 Å². The second kappa shape index (κ2) is 7.72. The third-order valence-electron chi connectivity index (χ3n) is 3.69. The molecule has 2 aromatic carbocycles. The number of hydrogen-bond acceptors (Lipinski definition) is 2. The minimum atomic E-state index is -0.321. The first-order valence-corrected chi connectivity index (χ1v) is 7.49. The van der Waals surface area contributed by atoms with Crippen molar-refractivity contribution in [1.29, 1.82) is 0 Å². The number of rotatable bonds is 6. The van der Waals surface area contributed by atoms with Crippen LogP contribution in [0.5, 0.6) is 0 Å².